The van der Waals surface area contributed by atoms with Gasteiger partial charge in [0.1, 0.15) is 5.82 Å². The van der Waals surface area contributed by atoms with Crippen molar-refractivity contribution in [3.8, 4) is 16.9 Å². The molecule has 0 N–H and O–H groups in total. The number of fused-ring (bicyclic) bond motifs is 3. The van der Waals surface area contributed by atoms with E-state index in [-0.39, 0.29) is 10.2 Å². The molecule has 0 bridgehead atoms. The summed E-state index contributed by atoms with van der Waals surface area (Å²) in [6.07, 6.45) is 0. The largest absolute Gasteiger partial charge is 0.491 e. The Bertz CT molecular complexity index is 834. The van der Waals surface area contributed by atoms with Gasteiger partial charge in [-0.2, -0.15) is 17.6 Å². The van der Waals surface area contributed by atoms with Crippen LogP contribution in [0.5, 0.6) is 5.75 Å². The van der Waals surface area contributed by atoms with Crippen molar-refractivity contribution >= 4 is 22.6 Å². The Hall–Kier alpha value is -1.45. The van der Waals surface area contributed by atoms with Gasteiger partial charge < -0.3 is 4.74 Å². The number of rotatable bonds is 2. The van der Waals surface area contributed by atoms with Crippen molar-refractivity contribution in [1.29, 1.82) is 0 Å². The molecule has 1 aliphatic carbocycles. The van der Waals surface area contributed by atoms with E-state index in [4.69, 9.17) is 4.74 Å². The lowest BCUT2D eigenvalue weighted by Gasteiger charge is -2.35. The molecule has 2 aromatic carbocycles. The highest BCUT2D eigenvalue weighted by atomic mass is 127. The van der Waals surface area contributed by atoms with Gasteiger partial charge in [-0.3, -0.25) is 0 Å². The van der Waals surface area contributed by atoms with Crippen LogP contribution in [0.4, 0.5) is 26.3 Å². The lowest BCUT2D eigenvalue weighted by molar-refractivity contribution is -0.228. The fraction of sp³-hybridized carbons (Fsp3) is 0.250. The molecule has 0 unspecified atom stereocenters. The minimum absolute atomic E-state index is 0.0267. The van der Waals surface area contributed by atoms with Gasteiger partial charge in [-0.1, -0.05) is 6.07 Å². The fourth-order valence-electron chi connectivity index (χ4n) is 2.75. The van der Waals surface area contributed by atoms with Crippen LogP contribution in [0.1, 0.15) is 18.1 Å². The minimum Gasteiger partial charge on any atom is -0.491 e. The Kier molecular flexibility index (Phi) is 4.01. The van der Waals surface area contributed by atoms with E-state index in [0.717, 1.165) is 18.2 Å². The first kappa shape index (κ1) is 17.4. The van der Waals surface area contributed by atoms with Crippen molar-refractivity contribution in [1.82, 2.24) is 0 Å². The Morgan fingerprint density at radius 3 is 1.92 bits per heavy atom. The molecule has 128 valence electrons. The highest BCUT2D eigenvalue weighted by Gasteiger charge is 2.65. The van der Waals surface area contributed by atoms with Crippen LogP contribution in [-0.4, -0.2) is 6.61 Å². The van der Waals surface area contributed by atoms with Crippen molar-refractivity contribution in [2.45, 2.75) is 18.8 Å². The number of ether oxygens (including phenoxy) is 1. The summed E-state index contributed by atoms with van der Waals surface area (Å²) in [5, 5.41) is 0. The van der Waals surface area contributed by atoms with E-state index in [0.29, 0.717) is 0 Å². The van der Waals surface area contributed by atoms with E-state index >= 15 is 0 Å². The van der Waals surface area contributed by atoms with Gasteiger partial charge in [0.25, 0.3) is 0 Å². The average molecular weight is 458 g/mol. The smallest absolute Gasteiger partial charge is 0.343 e. The maximum atomic E-state index is 14.4. The molecule has 0 saturated carbocycles. The van der Waals surface area contributed by atoms with Gasteiger partial charge in [0, 0.05) is 3.57 Å². The maximum Gasteiger partial charge on any atom is 0.343 e. The lowest BCUT2D eigenvalue weighted by atomic mass is 9.80. The predicted molar refractivity (Wildman–Crippen MR) is 83.5 cm³/mol. The summed E-state index contributed by atoms with van der Waals surface area (Å²) < 4.78 is 90.9. The molecule has 0 atom stereocenters. The van der Waals surface area contributed by atoms with E-state index in [1.165, 1.54) is 35.6 Å². The Balaban J connectivity index is 2.44. The molecule has 8 heteroatoms. The number of hydrogen-bond acceptors (Lipinski definition) is 1. The maximum absolute atomic E-state index is 14.4. The quantitative estimate of drug-likeness (QED) is 0.407. The van der Waals surface area contributed by atoms with Crippen molar-refractivity contribution in [3.05, 3.63) is 50.6 Å². The molecule has 0 spiro atoms. The summed E-state index contributed by atoms with van der Waals surface area (Å²) in [6, 6.07) is 4.36. The van der Waals surface area contributed by atoms with Crippen LogP contribution in [0.15, 0.2) is 24.3 Å². The van der Waals surface area contributed by atoms with Gasteiger partial charge in [-0.25, -0.2) is 8.78 Å². The number of benzene rings is 2. The molecule has 0 amide bonds. The van der Waals surface area contributed by atoms with Crippen LogP contribution >= 0.6 is 22.6 Å². The molecule has 3 rings (SSSR count). The van der Waals surface area contributed by atoms with Gasteiger partial charge in [0.05, 0.1) is 17.7 Å². The van der Waals surface area contributed by atoms with Gasteiger partial charge in [-0.05, 0) is 58.8 Å². The Labute approximate surface area is 146 Å². The molecular weight excluding hydrogens is 449 g/mol. The topological polar surface area (TPSA) is 9.23 Å². The second-order valence-electron chi connectivity index (χ2n) is 5.17. The van der Waals surface area contributed by atoms with Crippen molar-refractivity contribution in [2.75, 3.05) is 6.61 Å². The number of hydrogen-bond donors (Lipinski definition) is 0. The molecule has 1 aliphatic rings. The van der Waals surface area contributed by atoms with Gasteiger partial charge >= 0.3 is 11.8 Å². The molecule has 0 aliphatic heterocycles. The van der Waals surface area contributed by atoms with Crippen molar-refractivity contribution in [2.24, 2.45) is 0 Å². The van der Waals surface area contributed by atoms with Gasteiger partial charge in [-0.15, -0.1) is 0 Å². The first-order valence-electron chi connectivity index (χ1n) is 6.84. The van der Waals surface area contributed by atoms with Crippen LogP contribution in [0.25, 0.3) is 11.1 Å². The molecule has 0 radical (unpaired) electrons. The van der Waals surface area contributed by atoms with E-state index in [1.54, 1.807) is 0 Å². The third kappa shape index (κ3) is 2.14. The van der Waals surface area contributed by atoms with E-state index < -0.39 is 51.5 Å². The summed E-state index contributed by atoms with van der Waals surface area (Å²) in [6.45, 7) is 1.47. The Morgan fingerprint density at radius 2 is 1.38 bits per heavy atom. The summed E-state index contributed by atoms with van der Waals surface area (Å²) in [4.78, 5) is 0. The molecule has 0 aromatic heterocycles. The number of halogens is 7. The van der Waals surface area contributed by atoms with Crippen molar-refractivity contribution in [3.63, 3.8) is 0 Å². The van der Waals surface area contributed by atoms with Gasteiger partial charge in [0.15, 0.2) is 11.6 Å². The zero-order chi connectivity index (χ0) is 17.9. The predicted octanol–water partition coefficient (Wildman–Crippen LogP) is 5.83. The number of alkyl halides is 4. The second-order valence-corrected chi connectivity index (χ2v) is 6.33. The van der Waals surface area contributed by atoms with E-state index in [2.05, 4.69) is 0 Å². The monoisotopic (exact) mass is 458 g/mol. The molecule has 0 heterocycles. The first-order valence-corrected chi connectivity index (χ1v) is 7.92. The van der Waals surface area contributed by atoms with E-state index in [1.807, 2.05) is 0 Å². The van der Waals surface area contributed by atoms with E-state index in [9.17, 15) is 26.3 Å². The highest BCUT2D eigenvalue weighted by molar-refractivity contribution is 14.1. The van der Waals surface area contributed by atoms with Crippen LogP contribution in [0.3, 0.4) is 0 Å². The summed E-state index contributed by atoms with van der Waals surface area (Å²) in [5.74, 6) is -13.4. The zero-order valence-electron chi connectivity index (χ0n) is 12.1. The Morgan fingerprint density at radius 1 is 0.875 bits per heavy atom. The molecule has 2 aromatic rings. The summed E-state index contributed by atoms with van der Waals surface area (Å²) >= 11 is 1.43. The SMILES string of the molecule is CCOc1ccc2c(c1F)C(F)(F)C(F)(F)c1c-2ccc(I)c1F. The van der Waals surface area contributed by atoms with Crippen LogP contribution in [-0.2, 0) is 11.8 Å². The molecular formula is C16H9F6IO. The zero-order valence-corrected chi connectivity index (χ0v) is 14.2. The third-order valence-electron chi connectivity index (χ3n) is 3.81. The molecule has 24 heavy (non-hydrogen) atoms. The fourth-order valence-corrected chi connectivity index (χ4v) is 3.20. The minimum atomic E-state index is -4.92. The highest BCUT2D eigenvalue weighted by Crippen LogP contribution is 2.59. The van der Waals surface area contributed by atoms with Gasteiger partial charge in [0.2, 0.25) is 0 Å². The first-order chi connectivity index (χ1) is 11.1. The van der Waals surface area contributed by atoms with Crippen LogP contribution in [0, 0.1) is 15.2 Å². The normalized spacial score (nSPS) is 17.2. The molecule has 1 nitrogen and oxygen atoms in total. The van der Waals surface area contributed by atoms with Crippen LogP contribution < -0.4 is 4.74 Å². The molecule has 0 saturated heterocycles. The average Bonchev–Trinajstić information content (AvgIpc) is 2.50. The standard InChI is InChI=1S/C16H9F6IO/c1-2-24-10-6-4-8-7-3-5-9(23)13(17)11(7)15(19,20)16(21,22)12(8)14(10)18/h3-6H,2H2,1H3. The van der Waals surface area contributed by atoms with Crippen LogP contribution in [0.2, 0.25) is 0 Å². The lowest BCUT2D eigenvalue weighted by Crippen LogP contribution is -2.41. The summed E-state index contributed by atoms with van der Waals surface area (Å²) in [5.41, 5.74) is -3.83. The van der Waals surface area contributed by atoms with Crippen molar-refractivity contribution < 1.29 is 31.1 Å². The summed E-state index contributed by atoms with van der Waals surface area (Å²) in [7, 11) is 0. The second kappa shape index (κ2) is 5.53. The molecule has 0 fully saturated rings. The third-order valence-corrected chi connectivity index (χ3v) is 4.65.